The molecule has 0 aliphatic heterocycles. The van der Waals surface area contributed by atoms with E-state index in [1.54, 1.807) is 0 Å². The summed E-state index contributed by atoms with van der Waals surface area (Å²) in [7, 11) is 0. The normalized spacial score (nSPS) is 10.1. The van der Waals surface area contributed by atoms with Gasteiger partial charge in [-0.15, -0.1) is 0 Å². The van der Waals surface area contributed by atoms with Crippen LogP contribution < -0.4 is 20.7 Å². The van der Waals surface area contributed by atoms with Crippen molar-refractivity contribution in [1.82, 2.24) is 15.0 Å². The Morgan fingerprint density at radius 1 is 0.818 bits per heavy atom. The molecule has 0 bridgehead atoms. The maximum absolute atomic E-state index is 5.42. The Kier molecular flexibility index (Phi) is 5.76. The van der Waals surface area contributed by atoms with E-state index in [0.29, 0.717) is 24.5 Å². The largest absolute Gasteiger partial charge is 0.494 e. The first kappa shape index (κ1) is 15.8. The minimum absolute atomic E-state index is 0.492. The molecule has 0 saturated carbocycles. The van der Waals surface area contributed by atoms with Crippen molar-refractivity contribution in [3.8, 4) is 5.75 Å². The number of nitrogens with zero attached hydrogens (tertiary/aromatic N) is 3. The molecule has 1 aromatic carbocycles. The Hall–Kier alpha value is -2.57. The molecule has 2 rings (SSSR count). The SMILES string of the molecule is CCNc1nc(NCC)nc(Nc2ccc(OCC)cc2)n1. The van der Waals surface area contributed by atoms with E-state index in [2.05, 4.69) is 30.9 Å². The molecule has 0 radical (unpaired) electrons. The molecule has 0 saturated heterocycles. The second kappa shape index (κ2) is 8.02. The van der Waals surface area contributed by atoms with Gasteiger partial charge in [0, 0.05) is 18.8 Å². The van der Waals surface area contributed by atoms with Gasteiger partial charge >= 0.3 is 0 Å². The second-order valence-corrected chi connectivity index (χ2v) is 4.45. The van der Waals surface area contributed by atoms with Crippen LogP contribution in [0.25, 0.3) is 0 Å². The molecule has 1 heterocycles. The van der Waals surface area contributed by atoms with E-state index < -0.39 is 0 Å². The third-order valence-electron chi connectivity index (χ3n) is 2.73. The molecule has 0 amide bonds. The first-order valence-electron chi connectivity index (χ1n) is 7.48. The minimum Gasteiger partial charge on any atom is -0.494 e. The lowest BCUT2D eigenvalue weighted by Gasteiger charge is -2.10. The van der Waals surface area contributed by atoms with E-state index in [1.807, 2.05) is 45.0 Å². The molecule has 0 aliphatic rings. The van der Waals surface area contributed by atoms with Crippen LogP contribution in [0.2, 0.25) is 0 Å². The van der Waals surface area contributed by atoms with Crippen molar-refractivity contribution in [3.63, 3.8) is 0 Å². The molecule has 1 aromatic heterocycles. The molecule has 3 N–H and O–H groups in total. The Balaban J connectivity index is 2.16. The molecule has 7 nitrogen and oxygen atoms in total. The summed E-state index contributed by atoms with van der Waals surface area (Å²) in [5.74, 6) is 2.42. The molecular weight excluding hydrogens is 280 g/mol. The Labute approximate surface area is 130 Å². The standard InChI is InChI=1S/C15H22N6O/c1-4-16-13-19-14(17-5-2)21-15(20-13)18-11-7-9-12(10-8-11)22-6-3/h7-10H,4-6H2,1-3H3,(H3,16,17,18,19,20,21). The summed E-state index contributed by atoms with van der Waals surface area (Å²) in [5.41, 5.74) is 0.888. The topological polar surface area (TPSA) is 84.0 Å². The third-order valence-corrected chi connectivity index (χ3v) is 2.73. The Morgan fingerprint density at radius 3 is 1.86 bits per heavy atom. The Morgan fingerprint density at radius 2 is 1.36 bits per heavy atom. The molecule has 0 unspecified atom stereocenters. The lowest BCUT2D eigenvalue weighted by molar-refractivity contribution is 0.340. The van der Waals surface area contributed by atoms with Gasteiger partial charge in [-0.2, -0.15) is 15.0 Å². The summed E-state index contributed by atoms with van der Waals surface area (Å²) in [4.78, 5) is 13.0. The van der Waals surface area contributed by atoms with E-state index >= 15 is 0 Å². The van der Waals surface area contributed by atoms with Crippen molar-refractivity contribution in [2.24, 2.45) is 0 Å². The monoisotopic (exact) mass is 302 g/mol. The number of hydrogen-bond acceptors (Lipinski definition) is 7. The number of aromatic nitrogens is 3. The molecule has 7 heteroatoms. The average Bonchev–Trinajstić information content (AvgIpc) is 2.50. The summed E-state index contributed by atoms with van der Waals surface area (Å²) in [6.45, 7) is 8.10. The van der Waals surface area contributed by atoms with E-state index in [4.69, 9.17) is 4.74 Å². The van der Waals surface area contributed by atoms with Gasteiger partial charge in [-0.05, 0) is 45.0 Å². The smallest absolute Gasteiger partial charge is 0.233 e. The summed E-state index contributed by atoms with van der Waals surface area (Å²) >= 11 is 0. The van der Waals surface area contributed by atoms with Crippen LogP contribution in [0.3, 0.4) is 0 Å². The quantitative estimate of drug-likeness (QED) is 0.691. The second-order valence-electron chi connectivity index (χ2n) is 4.45. The van der Waals surface area contributed by atoms with Gasteiger partial charge in [0.2, 0.25) is 17.8 Å². The maximum atomic E-state index is 5.42. The fourth-order valence-electron chi connectivity index (χ4n) is 1.84. The van der Waals surface area contributed by atoms with Gasteiger partial charge in [0.1, 0.15) is 5.75 Å². The Bertz CT molecular complexity index is 563. The first-order valence-corrected chi connectivity index (χ1v) is 7.48. The van der Waals surface area contributed by atoms with Gasteiger partial charge < -0.3 is 20.7 Å². The molecule has 0 fully saturated rings. The van der Waals surface area contributed by atoms with E-state index in [0.717, 1.165) is 24.5 Å². The van der Waals surface area contributed by atoms with Gasteiger partial charge in [0.15, 0.2) is 0 Å². The van der Waals surface area contributed by atoms with Gasteiger partial charge in [-0.1, -0.05) is 0 Å². The zero-order chi connectivity index (χ0) is 15.8. The highest BCUT2D eigenvalue weighted by Gasteiger charge is 2.06. The van der Waals surface area contributed by atoms with E-state index in [-0.39, 0.29) is 0 Å². The van der Waals surface area contributed by atoms with Crippen molar-refractivity contribution in [2.45, 2.75) is 20.8 Å². The molecular formula is C15H22N6O. The van der Waals surface area contributed by atoms with Crippen molar-refractivity contribution in [1.29, 1.82) is 0 Å². The molecule has 118 valence electrons. The fourth-order valence-corrected chi connectivity index (χ4v) is 1.84. The maximum Gasteiger partial charge on any atom is 0.233 e. The highest BCUT2D eigenvalue weighted by molar-refractivity contribution is 5.56. The van der Waals surface area contributed by atoms with E-state index in [9.17, 15) is 0 Å². The van der Waals surface area contributed by atoms with Crippen LogP contribution in [0, 0.1) is 0 Å². The highest BCUT2D eigenvalue weighted by Crippen LogP contribution is 2.19. The molecule has 2 aromatic rings. The van der Waals surface area contributed by atoms with Crippen LogP contribution in [0.1, 0.15) is 20.8 Å². The van der Waals surface area contributed by atoms with Crippen molar-refractivity contribution in [2.75, 3.05) is 35.6 Å². The lowest BCUT2D eigenvalue weighted by atomic mass is 10.3. The zero-order valence-electron chi connectivity index (χ0n) is 13.2. The number of anilines is 4. The van der Waals surface area contributed by atoms with Gasteiger partial charge in [0.25, 0.3) is 0 Å². The van der Waals surface area contributed by atoms with Crippen LogP contribution >= 0.6 is 0 Å². The van der Waals surface area contributed by atoms with Crippen LogP contribution in [0.15, 0.2) is 24.3 Å². The molecule has 0 spiro atoms. The minimum atomic E-state index is 0.492. The van der Waals surface area contributed by atoms with Crippen LogP contribution in [0.4, 0.5) is 23.5 Å². The predicted molar refractivity (Wildman–Crippen MR) is 89.0 cm³/mol. The summed E-state index contributed by atoms with van der Waals surface area (Å²) in [5, 5.41) is 9.37. The number of ether oxygens (including phenoxy) is 1. The summed E-state index contributed by atoms with van der Waals surface area (Å²) < 4.78 is 5.42. The third kappa shape index (κ3) is 4.47. The van der Waals surface area contributed by atoms with Crippen LogP contribution in [-0.4, -0.2) is 34.6 Å². The van der Waals surface area contributed by atoms with Crippen molar-refractivity contribution in [3.05, 3.63) is 24.3 Å². The predicted octanol–water partition coefficient (Wildman–Crippen LogP) is 2.88. The molecule has 22 heavy (non-hydrogen) atoms. The summed E-state index contributed by atoms with van der Waals surface area (Å²) in [6.07, 6.45) is 0. The number of benzene rings is 1. The van der Waals surface area contributed by atoms with Crippen molar-refractivity contribution < 1.29 is 4.74 Å². The fraction of sp³-hybridized carbons (Fsp3) is 0.400. The van der Waals surface area contributed by atoms with Crippen LogP contribution in [0.5, 0.6) is 5.75 Å². The van der Waals surface area contributed by atoms with Gasteiger partial charge in [-0.3, -0.25) is 0 Å². The molecule has 0 atom stereocenters. The number of hydrogen-bond donors (Lipinski definition) is 3. The molecule has 0 aliphatic carbocycles. The number of nitrogens with one attached hydrogen (secondary N) is 3. The summed E-state index contributed by atoms with van der Waals surface area (Å²) in [6, 6.07) is 7.66. The zero-order valence-corrected chi connectivity index (χ0v) is 13.2. The number of rotatable bonds is 8. The first-order chi connectivity index (χ1) is 10.7. The van der Waals surface area contributed by atoms with Crippen molar-refractivity contribution >= 4 is 23.5 Å². The van der Waals surface area contributed by atoms with Gasteiger partial charge in [0.05, 0.1) is 6.61 Å². The highest BCUT2D eigenvalue weighted by atomic mass is 16.5. The van der Waals surface area contributed by atoms with Gasteiger partial charge in [-0.25, -0.2) is 0 Å². The van der Waals surface area contributed by atoms with Crippen LogP contribution in [-0.2, 0) is 0 Å². The lowest BCUT2D eigenvalue weighted by Crippen LogP contribution is -2.10. The average molecular weight is 302 g/mol. The van der Waals surface area contributed by atoms with E-state index in [1.165, 1.54) is 0 Å².